The number of rotatable bonds is 7. The van der Waals surface area contributed by atoms with Crippen LogP contribution < -0.4 is 4.74 Å². The summed E-state index contributed by atoms with van der Waals surface area (Å²) in [6, 6.07) is 5.15. The molecule has 0 aromatic heterocycles. The van der Waals surface area contributed by atoms with Gasteiger partial charge in [-0.1, -0.05) is 18.2 Å². The van der Waals surface area contributed by atoms with Crippen molar-refractivity contribution in [3.05, 3.63) is 29.8 Å². The van der Waals surface area contributed by atoms with Crippen LogP contribution in [0.5, 0.6) is 5.75 Å². The monoisotopic (exact) mass is 375 g/mol. The first-order valence-corrected chi connectivity index (χ1v) is 8.07. The summed E-state index contributed by atoms with van der Waals surface area (Å²) in [5.74, 6) is -1.68. The van der Waals surface area contributed by atoms with E-state index in [0.717, 1.165) is 0 Å². The second kappa shape index (κ2) is 8.39. The molecule has 2 unspecified atom stereocenters. The Kier molecular flexibility index (Phi) is 6.47. The van der Waals surface area contributed by atoms with Crippen molar-refractivity contribution in [2.75, 3.05) is 13.7 Å². The summed E-state index contributed by atoms with van der Waals surface area (Å²) in [6.07, 6.45) is -4.83. The number of carbonyl (C=O) groups is 2. The molecule has 1 aliphatic rings. The Morgan fingerprint density at radius 1 is 1.31 bits per heavy atom. The minimum atomic E-state index is -4.81. The van der Waals surface area contributed by atoms with Gasteiger partial charge in [-0.05, 0) is 24.5 Å². The molecule has 0 spiro atoms. The number of aryl methyl sites for hydroxylation is 1. The zero-order valence-corrected chi connectivity index (χ0v) is 14.2. The van der Waals surface area contributed by atoms with Gasteiger partial charge in [0.2, 0.25) is 5.91 Å². The fourth-order valence-corrected chi connectivity index (χ4v) is 3.06. The Morgan fingerprint density at radius 2 is 2.00 bits per heavy atom. The molecule has 144 valence electrons. The van der Waals surface area contributed by atoms with Crippen LogP contribution in [0, 0.1) is 0 Å². The van der Waals surface area contributed by atoms with Gasteiger partial charge in [0.1, 0.15) is 5.75 Å². The molecule has 0 bridgehead atoms. The number of aliphatic carboxylic acids is 1. The summed E-state index contributed by atoms with van der Waals surface area (Å²) in [5, 5.41) is 8.98. The van der Waals surface area contributed by atoms with Crippen LogP contribution in [-0.4, -0.2) is 54.0 Å². The summed E-state index contributed by atoms with van der Waals surface area (Å²) in [4.78, 5) is 24.9. The van der Waals surface area contributed by atoms with Gasteiger partial charge in [-0.3, -0.25) is 9.59 Å². The summed E-state index contributed by atoms with van der Waals surface area (Å²) in [7, 11) is 1.49. The van der Waals surface area contributed by atoms with E-state index in [1.165, 1.54) is 30.2 Å². The van der Waals surface area contributed by atoms with Crippen LogP contribution in [-0.2, 0) is 20.7 Å². The van der Waals surface area contributed by atoms with Gasteiger partial charge < -0.3 is 19.5 Å². The largest absolute Gasteiger partial charge is 0.573 e. The second-order valence-electron chi connectivity index (χ2n) is 6.05. The van der Waals surface area contributed by atoms with Gasteiger partial charge in [-0.15, -0.1) is 13.2 Å². The highest BCUT2D eigenvalue weighted by atomic mass is 19.4. The van der Waals surface area contributed by atoms with Gasteiger partial charge in [0.15, 0.2) is 0 Å². The number of nitrogens with zero attached hydrogens (tertiary/aromatic N) is 1. The zero-order valence-electron chi connectivity index (χ0n) is 14.2. The molecule has 6 nitrogen and oxygen atoms in total. The first-order valence-electron chi connectivity index (χ1n) is 8.07. The molecule has 9 heteroatoms. The fourth-order valence-electron chi connectivity index (χ4n) is 3.06. The lowest BCUT2D eigenvalue weighted by Gasteiger charge is -2.23. The quantitative estimate of drug-likeness (QED) is 0.793. The van der Waals surface area contributed by atoms with E-state index in [1.54, 1.807) is 6.07 Å². The lowest BCUT2D eigenvalue weighted by molar-refractivity contribution is -0.274. The minimum Gasteiger partial charge on any atom is -0.481 e. The molecule has 1 fully saturated rings. The first kappa shape index (κ1) is 20.0. The average molecular weight is 375 g/mol. The van der Waals surface area contributed by atoms with E-state index >= 15 is 0 Å². The number of methoxy groups -OCH3 is 1. The summed E-state index contributed by atoms with van der Waals surface area (Å²) in [6.45, 7) is 0.272. The number of ether oxygens (including phenoxy) is 2. The molecule has 1 aromatic carbocycles. The molecule has 0 radical (unpaired) electrons. The number of halogens is 3. The highest BCUT2D eigenvalue weighted by Gasteiger charge is 2.36. The molecular weight excluding hydrogens is 355 g/mol. The van der Waals surface area contributed by atoms with Gasteiger partial charge in [-0.2, -0.15) is 0 Å². The van der Waals surface area contributed by atoms with Crippen LogP contribution in [0.1, 0.15) is 24.8 Å². The van der Waals surface area contributed by atoms with Crippen LogP contribution in [0.4, 0.5) is 13.2 Å². The molecule has 1 saturated heterocycles. The molecule has 2 rings (SSSR count). The van der Waals surface area contributed by atoms with Crippen molar-refractivity contribution in [2.45, 2.75) is 44.2 Å². The number of likely N-dealkylation sites (tertiary alicyclic amines) is 1. The van der Waals surface area contributed by atoms with E-state index < -0.39 is 18.4 Å². The Morgan fingerprint density at radius 3 is 2.62 bits per heavy atom. The Hall–Kier alpha value is -2.29. The normalized spacial score (nSPS) is 20.2. The third kappa shape index (κ3) is 5.62. The lowest BCUT2D eigenvalue weighted by atomic mass is 10.1. The van der Waals surface area contributed by atoms with Crippen LogP contribution >= 0.6 is 0 Å². The van der Waals surface area contributed by atoms with Crippen molar-refractivity contribution in [3.63, 3.8) is 0 Å². The number of benzene rings is 1. The predicted molar refractivity (Wildman–Crippen MR) is 84.6 cm³/mol. The maximum Gasteiger partial charge on any atom is 0.573 e. The van der Waals surface area contributed by atoms with E-state index in [9.17, 15) is 22.8 Å². The van der Waals surface area contributed by atoms with Crippen molar-refractivity contribution in [1.29, 1.82) is 0 Å². The Balaban J connectivity index is 2.02. The van der Waals surface area contributed by atoms with Crippen molar-refractivity contribution < 1.29 is 37.3 Å². The third-order valence-electron chi connectivity index (χ3n) is 4.25. The number of carboxylic acid groups (broad SMARTS) is 1. The van der Waals surface area contributed by atoms with Crippen LogP contribution in [0.15, 0.2) is 24.3 Å². The molecule has 1 aromatic rings. The van der Waals surface area contributed by atoms with Crippen molar-refractivity contribution >= 4 is 11.9 Å². The maximum absolute atomic E-state index is 12.5. The molecule has 1 amide bonds. The van der Waals surface area contributed by atoms with Gasteiger partial charge in [-0.25, -0.2) is 0 Å². The molecule has 2 atom stereocenters. The zero-order chi connectivity index (χ0) is 19.3. The molecule has 1 heterocycles. The van der Waals surface area contributed by atoms with Crippen molar-refractivity contribution in [2.24, 2.45) is 0 Å². The molecule has 26 heavy (non-hydrogen) atoms. The summed E-state index contributed by atoms with van der Waals surface area (Å²) in [5.41, 5.74) is 0.260. The standard InChI is InChI=1S/C17H20F3NO5/c1-25-13-8-12(9-16(23)24)21(10-13)15(22)7-6-11-4-2-3-5-14(11)26-17(18,19)20/h2-5,12-13H,6-10H2,1H3,(H,23,24). The average Bonchev–Trinajstić information content (AvgIpc) is 2.94. The van der Waals surface area contributed by atoms with E-state index in [0.29, 0.717) is 6.42 Å². The molecule has 1 N–H and O–H groups in total. The molecular formula is C17H20F3NO5. The van der Waals surface area contributed by atoms with Gasteiger partial charge in [0.25, 0.3) is 0 Å². The summed E-state index contributed by atoms with van der Waals surface area (Å²) < 4.78 is 46.5. The van der Waals surface area contributed by atoms with Crippen LogP contribution in [0.3, 0.4) is 0 Å². The Bertz CT molecular complexity index is 650. The number of hydrogen-bond acceptors (Lipinski definition) is 4. The summed E-state index contributed by atoms with van der Waals surface area (Å²) >= 11 is 0. The van der Waals surface area contributed by atoms with Crippen LogP contribution in [0.2, 0.25) is 0 Å². The number of hydrogen-bond donors (Lipinski definition) is 1. The number of carboxylic acids is 1. The molecule has 1 aliphatic heterocycles. The van der Waals surface area contributed by atoms with Crippen molar-refractivity contribution in [3.8, 4) is 5.75 Å². The van der Waals surface area contributed by atoms with E-state index in [2.05, 4.69) is 4.74 Å². The highest BCUT2D eigenvalue weighted by molar-refractivity contribution is 5.78. The van der Waals surface area contributed by atoms with Gasteiger partial charge in [0, 0.05) is 26.1 Å². The topological polar surface area (TPSA) is 76.1 Å². The number of para-hydroxylation sites is 1. The SMILES string of the molecule is COC1CC(CC(=O)O)N(C(=O)CCc2ccccc2OC(F)(F)F)C1. The second-order valence-corrected chi connectivity index (χ2v) is 6.05. The van der Waals surface area contributed by atoms with Crippen molar-refractivity contribution in [1.82, 2.24) is 4.90 Å². The van der Waals surface area contributed by atoms with E-state index in [-0.39, 0.29) is 49.1 Å². The highest BCUT2D eigenvalue weighted by Crippen LogP contribution is 2.28. The molecule has 0 aliphatic carbocycles. The molecule has 0 saturated carbocycles. The van der Waals surface area contributed by atoms with E-state index in [1.807, 2.05) is 0 Å². The minimum absolute atomic E-state index is 0.0508. The Labute approximate surface area is 148 Å². The predicted octanol–water partition coefficient (Wildman–Crippen LogP) is 2.61. The van der Waals surface area contributed by atoms with E-state index in [4.69, 9.17) is 9.84 Å². The van der Waals surface area contributed by atoms with Crippen LogP contribution in [0.25, 0.3) is 0 Å². The maximum atomic E-state index is 12.5. The lowest BCUT2D eigenvalue weighted by Crippen LogP contribution is -2.37. The number of alkyl halides is 3. The third-order valence-corrected chi connectivity index (χ3v) is 4.25. The van der Waals surface area contributed by atoms with Gasteiger partial charge in [0.05, 0.1) is 12.5 Å². The number of carbonyl (C=O) groups excluding carboxylic acids is 1. The smallest absolute Gasteiger partial charge is 0.481 e. The van der Waals surface area contributed by atoms with Gasteiger partial charge >= 0.3 is 12.3 Å². The number of amides is 1. The fraction of sp³-hybridized carbons (Fsp3) is 0.529. The first-order chi connectivity index (χ1) is 12.2.